The Balaban J connectivity index is 0.000000524. The fourth-order valence-corrected chi connectivity index (χ4v) is 18.5. The first kappa shape index (κ1) is 109. The average molecular weight is 1750 g/mol. The molecule has 27 heteroatoms. The SMILES string of the molecule is CC[C@H](C)[C@@H]([C@@H](CC(=O)N1CCC[C@H]1[C@H](OC)[C@@H](C)C(=O)C[C@@H](Cc1ccccc1)C(=O)NC(CC(=O)O)OC=O)OC)N(C)C(=O)[C@@H](CC(=O)[C@H](C(C)C)N(C)C(C)C)C(C)C.CC[C@H](C)[C@@H]([C@@H](CC(=O)N1CCC[C@H]1[C@H](OC)[C@@H](C)C(=O)C[C@@H](Cc1ccccc1)C(=O)Nc1ccc(N)cc1)OC)N(C)C(=O)[C@@H](CC(=O)[C@H](C(C)C)N(C)C(C)C)C(C)C. The molecule has 702 valence electrons. The molecule has 0 aliphatic carbocycles. The number of rotatable bonds is 54. The van der Waals surface area contributed by atoms with E-state index in [0.717, 1.165) is 24.0 Å². The standard InChI is InChI=1S/C50H79N5O7.C48H78N4O11/c1-14-34(8)47(54(11)50(60)40(31(2)3)29-43(57)46(32(4)5)53(10)33(6)7)44(61-12)30-45(58)55-26-18-21-41(55)48(62-13)35(9)42(56)28-37(27-36-19-16-15-17-20-36)49(59)52-39-24-22-38(51)23-25-39;1-14-32(8)45(51(11)48(60)36(29(2)3)25-39(55)44(30(4)5)50(10)31(6)7)40(61-12)26-42(56)52-22-18-21-37(52)46(62-13)33(9)38(54)24-35(23-34-19-16-15-17-20-34)47(59)49-41(63-28-53)27-43(57)58/h15-17,19-20,22-25,31-35,37,40-41,44,46-48H,14,18,21,26-30,51H2,1-13H3,(H,52,59);15-17,19-20,28-33,35-37,40-41,44-46H,14,18,21-27H2,1-13H3,(H,49,59)(H,57,58)/t34-,35-,37+,40-,41-,44+,46-,47-,48+;32-,33-,35+,36-,37-,40+,41?,44-,45-,46+/m00/s1. The van der Waals surface area contributed by atoms with Crippen molar-refractivity contribution in [2.45, 2.75) is 300 Å². The molecule has 2 heterocycles. The topological polar surface area (TPSA) is 341 Å². The van der Waals surface area contributed by atoms with E-state index in [9.17, 15) is 62.6 Å². The number of amides is 6. The summed E-state index contributed by atoms with van der Waals surface area (Å²) in [5.41, 5.74) is 8.76. The van der Waals surface area contributed by atoms with Crippen LogP contribution < -0.4 is 16.4 Å². The first-order valence-electron chi connectivity index (χ1n) is 45.6. The van der Waals surface area contributed by atoms with Gasteiger partial charge in [-0.2, -0.15) is 0 Å². The monoisotopic (exact) mass is 1750 g/mol. The summed E-state index contributed by atoms with van der Waals surface area (Å²) < 4.78 is 29.1. The largest absolute Gasteiger partial charge is 0.481 e. The summed E-state index contributed by atoms with van der Waals surface area (Å²) in [4.78, 5) is 175. The maximum Gasteiger partial charge on any atom is 0.309 e. The van der Waals surface area contributed by atoms with Crippen LogP contribution in [0.4, 0.5) is 11.4 Å². The lowest BCUT2D eigenvalue weighted by molar-refractivity contribution is -0.149. The van der Waals surface area contributed by atoms with E-state index in [2.05, 4.69) is 62.0 Å². The van der Waals surface area contributed by atoms with Gasteiger partial charge in [-0.15, -0.1) is 0 Å². The van der Waals surface area contributed by atoms with Gasteiger partial charge in [0, 0.05) is 140 Å². The van der Waals surface area contributed by atoms with Crippen molar-refractivity contribution in [3.05, 3.63) is 96.1 Å². The first-order valence-corrected chi connectivity index (χ1v) is 45.6. The molecule has 2 aliphatic heterocycles. The van der Waals surface area contributed by atoms with Crippen LogP contribution >= 0.6 is 0 Å². The van der Waals surface area contributed by atoms with Gasteiger partial charge in [0.25, 0.3) is 6.47 Å². The molecule has 5 N–H and O–H groups in total. The Labute approximate surface area is 747 Å². The number of carbonyl (C=O) groups excluding carboxylic acids is 11. The summed E-state index contributed by atoms with van der Waals surface area (Å²) in [6, 6.07) is 23.6. The van der Waals surface area contributed by atoms with Crippen molar-refractivity contribution in [3.8, 4) is 0 Å². The number of carboxylic acids is 1. The lowest BCUT2D eigenvalue weighted by Crippen LogP contribution is -2.54. The molecule has 19 atom stereocenters. The summed E-state index contributed by atoms with van der Waals surface area (Å²) in [5, 5.41) is 14.7. The maximum absolute atomic E-state index is 14.5. The summed E-state index contributed by atoms with van der Waals surface area (Å²) in [6.45, 7) is 37.0. The van der Waals surface area contributed by atoms with Gasteiger partial charge >= 0.3 is 5.97 Å². The predicted molar refractivity (Wildman–Crippen MR) is 489 cm³/mol. The Morgan fingerprint density at radius 1 is 0.480 bits per heavy atom. The van der Waals surface area contributed by atoms with Gasteiger partial charge in [0.1, 0.15) is 18.0 Å². The highest BCUT2D eigenvalue weighted by atomic mass is 16.5. The molecule has 0 aromatic heterocycles. The highest BCUT2D eigenvalue weighted by molar-refractivity contribution is 5.97. The molecule has 2 saturated heterocycles. The van der Waals surface area contributed by atoms with Crippen LogP contribution in [0.25, 0.3) is 0 Å². The van der Waals surface area contributed by atoms with Gasteiger partial charge in [-0.3, -0.25) is 67.3 Å². The number of ketones is 4. The van der Waals surface area contributed by atoms with Crippen molar-refractivity contribution in [2.75, 3.05) is 80.8 Å². The van der Waals surface area contributed by atoms with Crippen molar-refractivity contribution in [3.63, 3.8) is 0 Å². The van der Waals surface area contributed by atoms with Crippen molar-refractivity contribution >= 4 is 82.4 Å². The fourth-order valence-electron chi connectivity index (χ4n) is 18.5. The van der Waals surface area contributed by atoms with E-state index in [0.29, 0.717) is 56.6 Å². The Hall–Kier alpha value is -8.34. The minimum Gasteiger partial charge on any atom is -0.481 e. The summed E-state index contributed by atoms with van der Waals surface area (Å²) >= 11 is 0. The van der Waals surface area contributed by atoms with Gasteiger partial charge in [0.15, 0.2) is 17.8 Å². The van der Waals surface area contributed by atoms with Gasteiger partial charge in [0.2, 0.25) is 35.4 Å². The molecule has 0 bridgehead atoms. The molecule has 3 aromatic rings. The number of nitrogen functional groups attached to an aromatic ring is 1. The minimum absolute atomic E-state index is 0.00435. The summed E-state index contributed by atoms with van der Waals surface area (Å²) in [6.07, 6.45) is -0.0253. The normalized spacial score (nSPS) is 18.4. The van der Waals surface area contributed by atoms with Crippen LogP contribution in [0.5, 0.6) is 0 Å². The molecule has 5 rings (SSSR count). The van der Waals surface area contributed by atoms with E-state index in [4.69, 9.17) is 29.4 Å². The number of methoxy groups -OCH3 is 4. The molecule has 27 nitrogen and oxygen atoms in total. The molecule has 6 amide bonds. The van der Waals surface area contributed by atoms with E-state index in [-0.39, 0.29) is 170 Å². The van der Waals surface area contributed by atoms with Crippen LogP contribution in [0.15, 0.2) is 84.9 Å². The average Bonchev–Trinajstić information content (AvgIpc) is 1.80. The van der Waals surface area contributed by atoms with E-state index < -0.39 is 103 Å². The highest BCUT2D eigenvalue weighted by Gasteiger charge is 2.47. The van der Waals surface area contributed by atoms with E-state index >= 15 is 0 Å². The Bertz CT molecular complexity index is 3860. The Kier molecular flexibility index (Phi) is 46.6. The number of likely N-dealkylation sites (N-methyl/N-ethyl adjacent to an activating group) is 4. The second-order valence-corrected chi connectivity index (χ2v) is 37.2. The molecule has 2 fully saturated rings. The van der Waals surface area contributed by atoms with E-state index in [1.54, 1.807) is 93.4 Å². The molecule has 0 saturated carbocycles. The predicted octanol–water partition coefficient (Wildman–Crippen LogP) is 13.0. The Morgan fingerprint density at radius 2 is 0.848 bits per heavy atom. The molecule has 125 heavy (non-hydrogen) atoms. The first-order chi connectivity index (χ1) is 58.9. The van der Waals surface area contributed by atoms with Crippen LogP contribution in [-0.4, -0.2) is 254 Å². The number of ether oxygens (including phenoxy) is 5. The van der Waals surface area contributed by atoms with Crippen LogP contribution in [0.2, 0.25) is 0 Å². The number of nitrogens with zero attached hydrogens (tertiary/aromatic N) is 6. The number of hydrogen-bond acceptors (Lipinski definition) is 20. The van der Waals surface area contributed by atoms with Crippen molar-refractivity contribution in [1.29, 1.82) is 0 Å². The van der Waals surface area contributed by atoms with E-state index in [1.807, 2.05) is 144 Å². The van der Waals surface area contributed by atoms with Gasteiger partial charge in [-0.05, 0) is 151 Å². The number of carbonyl (C=O) groups is 12. The maximum atomic E-state index is 14.5. The number of benzene rings is 3. The lowest BCUT2D eigenvalue weighted by atomic mass is 9.83. The molecule has 0 radical (unpaired) electrons. The quantitative estimate of drug-likeness (QED) is 0.0232. The number of nitrogens with two attached hydrogens (primary N) is 1. The number of aliphatic carboxylic acids is 1. The molecular formula is C98H157N9O18. The number of anilines is 2. The van der Waals surface area contributed by atoms with Crippen molar-refractivity contribution < 1.29 is 86.3 Å². The smallest absolute Gasteiger partial charge is 0.309 e. The molecule has 0 spiro atoms. The summed E-state index contributed by atoms with van der Waals surface area (Å²) in [7, 11) is 13.6. The minimum atomic E-state index is -1.42. The highest BCUT2D eigenvalue weighted by Crippen LogP contribution is 2.36. The molecule has 3 aromatic carbocycles. The van der Waals surface area contributed by atoms with Crippen LogP contribution in [0.1, 0.15) is 219 Å². The zero-order valence-corrected chi connectivity index (χ0v) is 80.3. The number of Topliss-reactive ketones (excluding diaryl/α,β-unsaturated/α-hetero) is 4. The number of carboxylic acid groups (broad SMARTS) is 1. The Morgan fingerprint density at radius 3 is 1.16 bits per heavy atom. The third kappa shape index (κ3) is 31.8. The molecule has 2 aliphatic rings. The third-order valence-electron chi connectivity index (χ3n) is 26.6. The van der Waals surface area contributed by atoms with Gasteiger partial charge in [-0.1, -0.05) is 170 Å². The fraction of sp³-hybridized carbons (Fsp3) is 0.694. The van der Waals surface area contributed by atoms with Crippen molar-refractivity contribution in [2.24, 2.45) is 71.0 Å². The van der Waals surface area contributed by atoms with Crippen molar-refractivity contribution in [1.82, 2.24) is 34.7 Å². The summed E-state index contributed by atoms with van der Waals surface area (Å²) in [5.74, 6) is -7.28. The number of likely N-dealkylation sites (tertiary alicyclic amines) is 2. The van der Waals surface area contributed by atoms with Crippen LogP contribution in [0.3, 0.4) is 0 Å². The van der Waals surface area contributed by atoms with E-state index in [1.165, 1.54) is 7.11 Å². The number of nitrogens with one attached hydrogen (secondary N) is 2. The third-order valence-corrected chi connectivity index (χ3v) is 26.6. The second kappa shape index (κ2) is 53.5. The van der Waals surface area contributed by atoms with Crippen LogP contribution in [0, 0.1) is 71.0 Å². The number of hydrogen-bond donors (Lipinski definition) is 4. The zero-order valence-electron chi connectivity index (χ0n) is 80.3. The van der Waals surface area contributed by atoms with Crippen LogP contribution in [-0.2, 0) is 94.1 Å². The van der Waals surface area contributed by atoms with Gasteiger partial charge in [0.05, 0.1) is 73.5 Å². The van der Waals surface area contributed by atoms with Gasteiger partial charge in [-0.25, -0.2) is 0 Å². The lowest BCUT2D eigenvalue weighted by Gasteiger charge is -2.41. The van der Waals surface area contributed by atoms with Gasteiger partial charge < -0.3 is 64.8 Å². The zero-order chi connectivity index (χ0) is 94.1. The second-order valence-electron chi connectivity index (χ2n) is 37.2. The molecule has 1 unspecified atom stereocenters. The molecular weight excluding hydrogens is 1590 g/mol.